The molecule has 0 spiro atoms. The summed E-state index contributed by atoms with van der Waals surface area (Å²) in [6, 6.07) is 3.31. The van der Waals surface area contributed by atoms with Gasteiger partial charge in [0.1, 0.15) is 0 Å². The van der Waals surface area contributed by atoms with Crippen molar-refractivity contribution in [3.05, 3.63) is 22.7 Å². The highest BCUT2D eigenvalue weighted by Gasteiger charge is 2.17. The lowest BCUT2D eigenvalue weighted by molar-refractivity contribution is 0.0965. The summed E-state index contributed by atoms with van der Waals surface area (Å²) in [5.74, 6) is 1.00. The van der Waals surface area contributed by atoms with Crippen molar-refractivity contribution in [1.82, 2.24) is 0 Å². The summed E-state index contributed by atoms with van der Waals surface area (Å²) in [5.41, 5.74) is 0.697. The molecule has 0 radical (unpaired) electrons. The highest BCUT2D eigenvalue weighted by atomic mass is 35.5. The number of benzene rings is 1. The number of carbonyl (C=O) groups is 1. The molecule has 19 heavy (non-hydrogen) atoms. The van der Waals surface area contributed by atoms with Gasteiger partial charge in [-0.05, 0) is 24.0 Å². The Morgan fingerprint density at radius 3 is 2.32 bits per heavy atom. The smallest absolute Gasteiger partial charge is 0.179 e. The Morgan fingerprint density at radius 1 is 1.21 bits per heavy atom. The molecule has 0 aliphatic carbocycles. The molecule has 106 valence electrons. The maximum Gasteiger partial charge on any atom is 0.179 e. The number of hydrogen-bond donors (Lipinski definition) is 0. The molecule has 4 heteroatoms. The SMILES string of the molecule is COc1cc(C(=O)CCC(C)(C)C)cc(Cl)c1OC. The highest BCUT2D eigenvalue weighted by Crippen LogP contribution is 2.36. The number of rotatable bonds is 5. The Kier molecular flexibility index (Phi) is 5.24. The zero-order valence-electron chi connectivity index (χ0n) is 12.2. The van der Waals surface area contributed by atoms with Gasteiger partial charge in [-0.2, -0.15) is 0 Å². The van der Waals surface area contributed by atoms with Crippen LogP contribution < -0.4 is 9.47 Å². The third kappa shape index (κ3) is 4.43. The normalized spacial score (nSPS) is 11.3. The molecule has 0 atom stereocenters. The van der Waals surface area contributed by atoms with Gasteiger partial charge < -0.3 is 9.47 Å². The van der Waals surface area contributed by atoms with E-state index in [1.165, 1.54) is 14.2 Å². The first kappa shape index (κ1) is 15.8. The van der Waals surface area contributed by atoms with E-state index >= 15 is 0 Å². The van der Waals surface area contributed by atoms with Crippen LogP contribution in [-0.4, -0.2) is 20.0 Å². The summed E-state index contributed by atoms with van der Waals surface area (Å²) >= 11 is 6.09. The van der Waals surface area contributed by atoms with Gasteiger partial charge >= 0.3 is 0 Å². The van der Waals surface area contributed by atoms with Crippen molar-refractivity contribution in [1.29, 1.82) is 0 Å². The predicted molar refractivity (Wildman–Crippen MR) is 77.6 cm³/mol. The summed E-state index contributed by atoms with van der Waals surface area (Å²) in [4.78, 5) is 12.2. The molecule has 0 N–H and O–H groups in total. The van der Waals surface area contributed by atoms with E-state index in [0.717, 1.165) is 6.42 Å². The van der Waals surface area contributed by atoms with Crippen molar-refractivity contribution < 1.29 is 14.3 Å². The van der Waals surface area contributed by atoms with Gasteiger partial charge in [0.15, 0.2) is 17.3 Å². The minimum atomic E-state index is 0.0674. The summed E-state index contributed by atoms with van der Waals surface area (Å²) in [6.45, 7) is 6.34. The van der Waals surface area contributed by atoms with E-state index in [-0.39, 0.29) is 11.2 Å². The fourth-order valence-corrected chi connectivity index (χ4v) is 2.00. The van der Waals surface area contributed by atoms with Gasteiger partial charge in [0, 0.05) is 12.0 Å². The number of Topliss-reactive ketones (excluding diaryl/α,β-unsaturated/α-hetero) is 1. The topological polar surface area (TPSA) is 35.5 Å². The van der Waals surface area contributed by atoms with E-state index in [0.29, 0.717) is 28.5 Å². The second-order valence-corrected chi connectivity index (χ2v) is 6.08. The molecule has 1 aromatic carbocycles. The summed E-state index contributed by atoms with van der Waals surface area (Å²) in [6.07, 6.45) is 1.33. The van der Waals surface area contributed by atoms with Gasteiger partial charge in [0.05, 0.1) is 19.2 Å². The number of carbonyl (C=O) groups excluding carboxylic acids is 1. The van der Waals surface area contributed by atoms with Crippen LogP contribution in [0.3, 0.4) is 0 Å². The lowest BCUT2D eigenvalue weighted by Crippen LogP contribution is -2.09. The minimum absolute atomic E-state index is 0.0674. The number of hydrogen-bond acceptors (Lipinski definition) is 3. The van der Waals surface area contributed by atoms with Crippen molar-refractivity contribution in [3.63, 3.8) is 0 Å². The van der Waals surface area contributed by atoms with Gasteiger partial charge in [0.2, 0.25) is 0 Å². The zero-order chi connectivity index (χ0) is 14.6. The first-order valence-electron chi connectivity index (χ1n) is 6.23. The molecule has 0 saturated heterocycles. The molecule has 0 amide bonds. The fraction of sp³-hybridized carbons (Fsp3) is 0.533. The molecule has 0 saturated carbocycles. The molecule has 1 aromatic rings. The van der Waals surface area contributed by atoms with Gasteiger partial charge in [0.25, 0.3) is 0 Å². The fourth-order valence-electron chi connectivity index (χ4n) is 1.71. The number of ether oxygens (including phenoxy) is 2. The van der Waals surface area contributed by atoms with E-state index in [1.807, 2.05) is 0 Å². The Labute approximate surface area is 119 Å². The maximum absolute atomic E-state index is 12.2. The van der Waals surface area contributed by atoms with Gasteiger partial charge in [-0.25, -0.2) is 0 Å². The number of ketones is 1. The Morgan fingerprint density at radius 2 is 1.84 bits per heavy atom. The van der Waals surface area contributed by atoms with Gasteiger partial charge in [-0.3, -0.25) is 4.79 Å². The van der Waals surface area contributed by atoms with E-state index in [2.05, 4.69) is 20.8 Å². The van der Waals surface area contributed by atoms with Crippen molar-refractivity contribution in [2.24, 2.45) is 5.41 Å². The second kappa shape index (κ2) is 6.29. The summed E-state index contributed by atoms with van der Waals surface area (Å²) in [5, 5.41) is 0.390. The lowest BCUT2D eigenvalue weighted by atomic mass is 9.88. The first-order valence-corrected chi connectivity index (χ1v) is 6.61. The molecule has 0 aliphatic heterocycles. The van der Waals surface area contributed by atoms with Crippen LogP contribution in [0, 0.1) is 5.41 Å². The van der Waals surface area contributed by atoms with Crippen LogP contribution in [0.2, 0.25) is 5.02 Å². The molecule has 1 rings (SSSR count). The van der Waals surface area contributed by atoms with Crippen LogP contribution in [0.25, 0.3) is 0 Å². The first-order chi connectivity index (χ1) is 8.78. The molecule has 0 fully saturated rings. The average Bonchev–Trinajstić information content (AvgIpc) is 2.33. The van der Waals surface area contributed by atoms with Crippen LogP contribution >= 0.6 is 11.6 Å². The van der Waals surface area contributed by atoms with Gasteiger partial charge in [-0.15, -0.1) is 0 Å². The second-order valence-electron chi connectivity index (χ2n) is 5.68. The van der Waals surface area contributed by atoms with E-state index < -0.39 is 0 Å². The zero-order valence-corrected chi connectivity index (χ0v) is 12.9. The quantitative estimate of drug-likeness (QED) is 0.753. The Hall–Kier alpha value is -1.22. The van der Waals surface area contributed by atoms with Crippen molar-refractivity contribution in [3.8, 4) is 11.5 Å². The third-order valence-corrected chi connectivity index (χ3v) is 3.14. The van der Waals surface area contributed by atoms with Crippen molar-refractivity contribution >= 4 is 17.4 Å². The molecule has 0 aliphatic rings. The Balaban J connectivity index is 2.95. The summed E-state index contributed by atoms with van der Waals surface area (Å²) < 4.78 is 10.3. The largest absolute Gasteiger partial charge is 0.493 e. The molecule has 3 nitrogen and oxygen atoms in total. The average molecular weight is 285 g/mol. The van der Waals surface area contributed by atoms with Crippen molar-refractivity contribution in [2.75, 3.05) is 14.2 Å². The van der Waals surface area contributed by atoms with E-state index in [9.17, 15) is 4.79 Å². The molecule has 0 unspecified atom stereocenters. The van der Waals surface area contributed by atoms with Crippen LogP contribution in [0.15, 0.2) is 12.1 Å². The van der Waals surface area contributed by atoms with Crippen LogP contribution in [0.1, 0.15) is 44.0 Å². The minimum Gasteiger partial charge on any atom is -0.493 e. The maximum atomic E-state index is 12.2. The number of halogens is 1. The molecular formula is C15H21ClO3. The van der Waals surface area contributed by atoms with Crippen LogP contribution in [-0.2, 0) is 0 Å². The van der Waals surface area contributed by atoms with Gasteiger partial charge in [-0.1, -0.05) is 32.4 Å². The molecular weight excluding hydrogens is 264 g/mol. The highest BCUT2D eigenvalue weighted by molar-refractivity contribution is 6.32. The molecule has 0 aromatic heterocycles. The molecule has 0 heterocycles. The number of methoxy groups -OCH3 is 2. The predicted octanol–water partition coefficient (Wildman–Crippen LogP) is 4.37. The lowest BCUT2D eigenvalue weighted by Gasteiger charge is -2.17. The monoisotopic (exact) mass is 284 g/mol. The van der Waals surface area contributed by atoms with Crippen LogP contribution in [0.4, 0.5) is 0 Å². The van der Waals surface area contributed by atoms with E-state index in [1.54, 1.807) is 12.1 Å². The summed E-state index contributed by atoms with van der Waals surface area (Å²) in [7, 11) is 3.04. The van der Waals surface area contributed by atoms with E-state index in [4.69, 9.17) is 21.1 Å². The van der Waals surface area contributed by atoms with Crippen LogP contribution in [0.5, 0.6) is 11.5 Å². The molecule has 0 bridgehead atoms. The third-order valence-electron chi connectivity index (χ3n) is 2.86. The Bertz CT molecular complexity index is 461. The standard InChI is InChI=1S/C15H21ClO3/c1-15(2,3)7-6-12(17)10-8-11(16)14(19-5)13(9-10)18-4/h8-9H,6-7H2,1-5H3. The van der Waals surface area contributed by atoms with Crippen molar-refractivity contribution in [2.45, 2.75) is 33.6 Å².